The van der Waals surface area contributed by atoms with Crippen molar-refractivity contribution in [2.45, 2.75) is 35.6 Å². The number of hydrogen-bond acceptors (Lipinski definition) is 7. The monoisotopic (exact) mass is 428 g/mol. The van der Waals surface area contributed by atoms with Gasteiger partial charge in [-0.2, -0.15) is 0 Å². The highest BCUT2D eigenvalue weighted by molar-refractivity contribution is 8.01. The van der Waals surface area contributed by atoms with Crippen LogP contribution in [0.3, 0.4) is 0 Å². The molecule has 0 saturated carbocycles. The van der Waals surface area contributed by atoms with Gasteiger partial charge in [-0.3, -0.25) is 4.79 Å². The summed E-state index contributed by atoms with van der Waals surface area (Å²) in [6.45, 7) is 2.17. The highest BCUT2D eigenvalue weighted by Crippen LogP contribution is 2.47. The van der Waals surface area contributed by atoms with Crippen molar-refractivity contribution in [2.75, 3.05) is 33.1 Å². The van der Waals surface area contributed by atoms with Gasteiger partial charge in [0.25, 0.3) is 0 Å². The van der Waals surface area contributed by atoms with Crippen molar-refractivity contribution < 1.29 is 27.5 Å². The number of benzene rings is 1. The molecule has 0 bridgehead atoms. The summed E-state index contributed by atoms with van der Waals surface area (Å²) >= 11 is 1.62. The summed E-state index contributed by atoms with van der Waals surface area (Å²) in [6.07, 6.45) is 1.22. The van der Waals surface area contributed by atoms with E-state index in [0.29, 0.717) is 17.9 Å². The minimum Gasteiger partial charge on any atom is -0.490 e. The molecule has 1 aromatic rings. The Kier molecular flexibility index (Phi) is 5.92. The second-order valence-electron chi connectivity index (χ2n) is 7.04. The molecule has 0 aromatic heterocycles. The predicted molar refractivity (Wildman–Crippen MR) is 104 cm³/mol. The molecule has 2 aliphatic heterocycles. The normalized spacial score (nSPS) is 24.5. The Balaban J connectivity index is 1.47. The van der Waals surface area contributed by atoms with Gasteiger partial charge < -0.3 is 14.4 Å². The number of ether oxygens (including phenoxy) is 2. The maximum atomic E-state index is 12.3. The lowest BCUT2D eigenvalue weighted by molar-refractivity contribution is -0.154. The van der Waals surface area contributed by atoms with Gasteiger partial charge in [0.2, 0.25) is 15.9 Å². The topological polar surface area (TPSA) is 93.2 Å². The Bertz CT molecular complexity index is 855. The summed E-state index contributed by atoms with van der Waals surface area (Å²) in [7, 11) is -0.547. The lowest BCUT2D eigenvalue weighted by Gasteiger charge is -2.29. The first kappa shape index (κ1) is 20.9. The standard InChI is InChI=1S/C18H24N2O6S2/c1-18-9-8-16(21)20(18)15(12-27-18)17(22)26-11-10-25-13-4-6-14(7-5-13)28(23,24)19(2)3/h4-7,15H,8-12H2,1-3H3. The van der Waals surface area contributed by atoms with E-state index in [1.54, 1.807) is 28.8 Å². The van der Waals surface area contributed by atoms with Crippen molar-refractivity contribution >= 4 is 33.7 Å². The molecule has 0 N–H and O–H groups in total. The fourth-order valence-corrected chi connectivity index (χ4v) is 5.63. The molecule has 1 amide bonds. The number of carbonyl (C=O) groups is 2. The predicted octanol–water partition coefficient (Wildman–Crippen LogP) is 1.31. The Morgan fingerprint density at radius 1 is 1.29 bits per heavy atom. The van der Waals surface area contributed by atoms with E-state index in [2.05, 4.69) is 0 Å². The van der Waals surface area contributed by atoms with Gasteiger partial charge in [0.1, 0.15) is 25.0 Å². The fraction of sp³-hybridized carbons (Fsp3) is 0.556. The fourth-order valence-electron chi connectivity index (χ4n) is 3.31. The third-order valence-electron chi connectivity index (χ3n) is 4.92. The van der Waals surface area contributed by atoms with Gasteiger partial charge in [-0.25, -0.2) is 17.5 Å². The largest absolute Gasteiger partial charge is 0.490 e. The molecule has 0 spiro atoms. The molecule has 8 nitrogen and oxygen atoms in total. The van der Waals surface area contributed by atoms with Crippen molar-refractivity contribution in [1.82, 2.24) is 9.21 Å². The van der Waals surface area contributed by atoms with Gasteiger partial charge in [-0.05, 0) is 37.6 Å². The molecule has 154 valence electrons. The average Bonchev–Trinajstić information content (AvgIpc) is 3.15. The quantitative estimate of drug-likeness (QED) is 0.477. The maximum Gasteiger partial charge on any atom is 0.329 e. The third-order valence-corrected chi connectivity index (χ3v) is 8.25. The van der Waals surface area contributed by atoms with Crippen LogP contribution in [0.1, 0.15) is 19.8 Å². The Morgan fingerprint density at radius 3 is 2.61 bits per heavy atom. The summed E-state index contributed by atoms with van der Waals surface area (Å²) in [5.41, 5.74) is 0. The molecule has 10 heteroatoms. The number of rotatable bonds is 7. The SMILES string of the molecule is CN(C)S(=O)(=O)c1ccc(OCCOC(=O)C2CSC3(C)CCC(=O)N23)cc1. The van der Waals surface area contributed by atoms with Crippen LogP contribution in [-0.4, -0.2) is 73.5 Å². The second-order valence-corrected chi connectivity index (χ2v) is 10.7. The molecule has 3 rings (SSSR count). The number of thioether (sulfide) groups is 1. The van der Waals surface area contributed by atoms with E-state index >= 15 is 0 Å². The number of sulfonamides is 1. The zero-order valence-electron chi connectivity index (χ0n) is 16.1. The smallest absolute Gasteiger partial charge is 0.329 e. The van der Waals surface area contributed by atoms with E-state index in [4.69, 9.17) is 9.47 Å². The van der Waals surface area contributed by atoms with Gasteiger partial charge in [0, 0.05) is 26.3 Å². The van der Waals surface area contributed by atoms with Crippen LogP contribution in [-0.2, 0) is 24.3 Å². The summed E-state index contributed by atoms with van der Waals surface area (Å²) in [5.74, 6) is 0.609. The number of amides is 1. The van der Waals surface area contributed by atoms with Crippen LogP contribution in [0.15, 0.2) is 29.2 Å². The number of carbonyl (C=O) groups excluding carboxylic acids is 2. The summed E-state index contributed by atoms with van der Waals surface area (Å²) in [6, 6.07) is 5.50. The zero-order valence-corrected chi connectivity index (χ0v) is 17.7. The van der Waals surface area contributed by atoms with Crippen LogP contribution >= 0.6 is 11.8 Å². The first-order valence-corrected chi connectivity index (χ1v) is 11.4. The van der Waals surface area contributed by atoms with Crippen molar-refractivity contribution in [2.24, 2.45) is 0 Å². The Hall–Kier alpha value is -1.78. The molecule has 0 aliphatic carbocycles. The minimum absolute atomic E-state index is 0.00142. The van der Waals surface area contributed by atoms with Crippen LogP contribution in [0.25, 0.3) is 0 Å². The maximum absolute atomic E-state index is 12.3. The number of esters is 1. The highest BCUT2D eigenvalue weighted by Gasteiger charge is 2.53. The summed E-state index contributed by atoms with van der Waals surface area (Å²) < 4.78 is 36.0. The van der Waals surface area contributed by atoms with Crippen molar-refractivity contribution in [3.05, 3.63) is 24.3 Å². The van der Waals surface area contributed by atoms with Crippen molar-refractivity contribution in [3.8, 4) is 5.75 Å². The van der Waals surface area contributed by atoms with Crippen molar-refractivity contribution in [1.29, 1.82) is 0 Å². The average molecular weight is 429 g/mol. The van der Waals surface area contributed by atoms with Gasteiger partial charge >= 0.3 is 5.97 Å². The van der Waals surface area contributed by atoms with Gasteiger partial charge in [0.15, 0.2) is 0 Å². The molecular formula is C18H24N2O6S2. The summed E-state index contributed by atoms with van der Waals surface area (Å²) in [5, 5.41) is 0. The van der Waals surface area contributed by atoms with E-state index in [0.717, 1.165) is 10.7 Å². The van der Waals surface area contributed by atoms with Gasteiger partial charge in [-0.1, -0.05) is 0 Å². The van der Waals surface area contributed by atoms with Crippen LogP contribution in [0.2, 0.25) is 0 Å². The van der Waals surface area contributed by atoms with Gasteiger partial charge in [0.05, 0.1) is 9.77 Å². The highest BCUT2D eigenvalue weighted by atomic mass is 32.2. The molecule has 2 atom stereocenters. The molecule has 2 fully saturated rings. The van der Waals surface area contributed by atoms with E-state index in [-0.39, 0.29) is 28.9 Å². The molecule has 28 heavy (non-hydrogen) atoms. The lowest BCUT2D eigenvalue weighted by atomic mass is 10.2. The minimum atomic E-state index is -3.48. The Labute approximate surface area is 169 Å². The van der Waals surface area contributed by atoms with E-state index in [1.165, 1.54) is 26.2 Å². The number of fused-ring (bicyclic) bond motifs is 1. The molecular weight excluding hydrogens is 404 g/mol. The van der Waals surface area contributed by atoms with Crippen molar-refractivity contribution in [3.63, 3.8) is 0 Å². The summed E-state index contributed by atoms with van der Waals surface area (Å²) in [4.78, 5) is 25.9. The van der Waals surface area contributed by atoms with Crippen LogP contribution in [0.5, 0.6) is 5.75 Å². The van der Waals surface area contributed by atoms with Crippen LogP contribution < -0.4 is 4.74 Å². The van der Waals surface area contributed by atoms with Crippen LogP contribution in [0, 0.1) is 0 Å². The second kappa shape index (κ2) is 7.92. The molecule has 2 aliphatic rings. The number of nitrogens with zero attached hydrogens (tertiary/aromatic N) is 2. The lowest BCUT2D eigenvalue weighted by Crippen LogP contribution is -2.46. The zero-order chi connectivity index (χ0) is 20.5. The first-order valence-electron chi connectivity index (χ1n) is 8.93. The third kappa shape index (κ3) is 3.99. The van der Waals surface area contributed by atoms with E-state index in [1.807, 2.05) is 6.92 Å². The van der Waals surface area contributed by atoms with Crippen LogP contribution in [0.4, 0.5) is 0 Å². The van der Waals surface area contributed by atoms with E-state index < -0.39 is 22.0 Å². The first-order chi connectivity index (χ1) is 13.1. The molecule has 1 aromatic carbocycles. The van der Waals surface area contributed by atoms with Gasteiger partial charge in [-0.15, -0.1) is 11.8 Å². The Morgan fingerprint density at radius 2 is 1.96 bits per heavy atom. The number of hydrogen-bond donors (Lipinski definition) is 0. The molecule has 2 unspecified atom stereocenters. The molecule has 2 saturated heterocycles. The molecule has 0 radical (unpaired) electrons. The molecule has 2 heterocycles. The van der Waals surface area contributed by atoms with E-state index in [9.17, 15) is 18.0 Å².